The zero-order chi connectivity index (χ0) is 24.3. The fourth-order valence-electron chi connectivity index (χ4n) is 2.94. The van der Waals surface area contributed by atoms with Crippen LogP contribution in [0.5, 0.6) is 11.5 Å². The van der Waals surface area contributed by atoms with Gasteiger partial charge in [0.05, 0.1) is 22.0 Å². The van der Waals surface area contributed by atoms with Gasteiger partial charge in [0.1, 0.15) is 17.3 Å². The molecule has 0 unspecified atom stereocenters. The molecule has 2 heterocycles. The van der Waals surface area contributed by atoms with Crippen molar-refractivity contribution in [1.29, 1.82) is 0 Å². The number of carbonyl (C=O) groups excluding carboxylic acids is 1. The fourth-order valence-corrected chi connectivity index (χ4v) is 3.82. The molecule has 0 saturated heterocycles. The molecule has 0 aliphatic carbocycles. The van der Waals surface area contributed by atoms with E-state index >= 15 is 0 Å². The first-order valence-electron chi connectivity index (χ1n) is 9.60. The minimum absolute atomic E-state index is 0.159. The first-order chi connectivity index (χ1) is 16.2. The summed E-state index contributed by atoms with van der Waals surface area (Å²) in [6, 6.07) is 11.0. The number of hydrogen-bond acceptors (Lipinski definition) is 4. The second-order valence-corrected chi connectivity index (χ2v) is 8.09. The van der Waals surface area contributed by atoms with Crippen LogP contribution in [0.3, 0.4) is 0 Å². The average Bonchev–Trinajstić information content (AvgIpc) is 3.31. The number of pyridine rings is 1. The molecule has 0 radical (unpaired) electrons. The molecule has 2 aromatic carbocycles. The molecule has 5 nitrogen and oxygen atoms in total. The van der Waals surface area contributed by atoms with Crippen LogP contribution in [0.15, 0.2) is 71.6 Å². The number of ether oxygens (including phenoxy) is 1. The number of halogens is 5. The molecule has 0 saturated carbocycles. The third-order valence-corrected chi connectivity index (χ3v) is 5.52. The van der Waals surface area contributed by atoms with E-state index in [0.717, 1.165) is 17.7 Å². The number of amides is 2. The lowest BCUT2D eigenvalue weighted by Crippen LogP contribution is -2.20. The van der Waals surface area contributed by atoms with Gasteiger partial charge in [-0.1, -0.05) is 11.6 Å². The molecule has 174 valence electrons. The number of aromatic nitrogens is 1. The van der Waals surface area contributed by atoms with Crippen LogP contribution in [0.4, 0.5) is 33.7 Å². The van der Waals surface area contributed by atoms with Gasteiger partial charge in [0, 0.05) is 35.0 Å². The standard InChI is InChI=1S/C23H14ClF4N3O2S/c24-18-3-1-14(9-17(18)23(26,27)28)30-22(32)31-20-4-2-15(10-19(20)25)33-16-5-7-29-21(11-16)13-6-8-34-12-13/h1-12H,(H2,30,31,32). The van der Waals surface area contributed by atoms with Gasteiger partial charge in [0.15, 0.2) is 0 Å². The van der Waals surface area contributed by atoms with Crippen molar-refractivity contribution in [3.63, 3.8) is 0 Å². The zero-order valence-corrected chi connectivity index (χ0v) is 18.6. The molecule has 0 spiro atoms. The molecule has 4 aromatic rings. The highest BCUT2D eigenvalue weighted by Gasteiger charge is 2.33. The van der Waals surface area contributed by atoms with E-state index in [0.29, 0.717) is 17.5 Å². The lowest BCUT2D eigenvalue weighted by Gasteiger charge is -2.13. The Morgan fingerprint density at radius 3 is 2.50 bits per heavy atom. The highest BCUT2D eigenvalue weighted by molar-refractivity contribution is 7.08. The van der Waals surface area contributed by atoms with Crippen molar-refractivity contribution < 1.29 is 27.1 Å². The number of benzene rings is 2. The third-order valence-electron chi connectivity index (χ3n) is 4.50. The van der Waals surface area contributed by atoms with Gasteiger partial charge in [0.25, 0.3) is 0 Å². The molecule has 0 aliphatic rings. The smallest absolute Gasteiger partial charge is 0.417 e. The summed E-state index contributed by atoms with van der Waals surface area (Å²) in [6.45, 7) is 0. The summed E-state index contributed by atoms with van der Waals surface area (Å²) in [4.78, 5) is 16.4. The number of carbonyl (C=O) groups is 1. The van der Waals surface area contributed by atoms with Gasteiger partial charge in [-0.15, -0.1) is 0 Å². The Hall–Kier alpha value is -3.63. The minimum Gasteiger partial charge on any atom is -0.457 e. The van der Waals surface area contributed by atoms with Gasteiger partial charge < -0.3 is 15.4 Å². The predicted molar refractivity (Wildman–Crippen MR) is 123 cm³/mol. The van der Waals surface area contributed by atoms with Gasteiger partial charge in [-0.05, 0) is 47.8 Å². The van der Waals surface area contributed by atoms with Crippen LogP contribution in [0, 0.1) is 5.82 Å². The Balaban J connectivity index is 1.43. The number of nitrogens with zero attached hydrogens (tertiary/aromatic N) is 1. The molecule has 2 amide bonds. The summed E-state index contributed by atoms with van der Waals surface area (Å²) in [5, 5.41) is 7.82. The lowest BCUT2D eigenvalue weighted by molar-refractivity contribution is -0.137. The Labute approximate surface area is 200 Å². The molecule has 34 heavy (non-hydrogen) atoms. The van der Waals surface area contributed by atoms with E-state index in [1.165, 1.54) is 29.5 Å². The highest BCUT2D eigenvalue weighted by Crippen LogP contribution is 2.36. The Morgan fingerprint density at radius 1 is 1.00 bits per heavy atom. The van der Waals surface area contributed by atoms with Crippen molar-refractivity contribution in [2.75, 3.05) is 10.6 Å². The van der Waals surface area contributed by atoms with Gasteiger partial charge >= 0.3 is 12.2 Å². The highest BCUT2D eigenvalue weighted by atomic mass is 35.5. The van der Waals surface area contributed by atoms with Crippen LogP contribution >= 0.6 is 22.9 Å². The van der Waals surface area contributed by atoms with E-state index in [1.54, 1.807) is 18.3 Å². The maximum atomic E-state index is 14.5. The maximum Gasteiger partial charge on any atom is 0.417 e. The Kier molecular flexibility index (Phi) is 6.71. The van der Waals surface area contributed by atoms with Crippen LogP contribution < -0.4 is 15.4 Å². The van der Waals surface area contributed by atoms with Crippen molar-refractivity contribution in [3.05, 3.63) is 88.0 Å². The number of thiophene rings is 1. The van der Waals surface area contributed by atoms with E-state index < -0.39 is 28.6 Å². The number of urea groups is 1. The molecule has 2 N–H and O–H groups in total. The molecule has 0 bridgehead atoms. The van der Waals surface area contributed by atoms with E-state index in [-0.39, 0.29) is 17.1 Å². The van der Waals surface area contributed by atoms with Crippen LogP contribution in [0.2, 0.25) is 5.02 Å². The van der Waals surface area contributed by atoms with Crippen LogP contribution in [-0.4, -0.2) is 11.0 Å². The number of nitrogens with one attached hydrogen (secondary N) is 2. The topological polar surface area (TPSA) is 63.2 Å². The van der Waals surface area contributed by atoms with Crippen molar-refractivity contribution >= 4 is 40.3 Å². The van der Waals surface area contributed by atoms with Crippen LogP contribution in [0.25, 0.3) is 11.3 Å². The predicted octanol–water partition coefficient (Wildman–Crippen LogP) is 8.06. The molecule has 4 rings (SSSR count). The van der Waals surface area contributed by atoms with E-state index in [4.69, 9.17) is 16.3 Å². The van der Waals surface area contributed by atoms with E-state index in [1.807, 2.05) is 16.8 Å². The number of hydrogen-bond donors (Lipinski definition) is 2. The van der Waals surface area contributed by atoms with Crippen molar-refractivity contribution in [2.24, 2.45) is 0 Å². The van der Waals surface area contributed by atoms with E-state index in [2.05, 4.69) is 15.6 Å². The first-order valence-corrected chi connectivity index (χ1v) is 10.9. The van der Waals surface area contributed by atoms with Gasteiger partial charge in [-0.25, -0.2) is 9.18 Å². The molecule has 0 aliphatic heterocycles. The molecular formula is C23H14ClF4N3O2S. The largest absolute Gasteiger partial charge is 0.457 e. The maximum absolute atomic E-state index is 14.5. The minimum atomic E-state index is -4.69. The SMILES string of the molecule is O=C(Nc1ccc(Cl)c(C(F)(F)F)c1)Nc1ccc(Oc2ccnc(-c3ccsc3)c2)cc1F. The molecule has 0 atom stereocenters. The average molecular weight is 508 g/mol. The number of anilines is 2. The fraction of sp³-hybridized carbons (Fsp3) is 0.0435. The number of rotatable bonds is 5. The third kappa shape index (κ3) is 5.64. The van der Waals surface area contributed by atoms with Gasteiger partial charge in [-0.3, -0.25) is 4.98 Å². The van der Waals surface area contributed by atoms with Crippen LogP contribution in [-0.2, 0) is 6.18 Å². The first kappa shape index (κ1) is 23.5. The van der Waals surface area contributed by atoms with Crippen LogP contribution in [0.1, 0.15) is 5.56 Å². The van der Waals surface area contributed by atoms with E-state index in [9.17, 15) is 22.4 Å². The summed E-state index contributed by atoms with van der Waals surface area (Å²) in [5.74, 6) is -0.178. The number of alkyl halides is 3. The van der Waals surface area contributed by atoms with Gasteiger partial charge in [0.2, 0.25) is 0 Å². The Bertz CT molecular complexity index is 1330. The normalized spacial score (nSPS) is 11.2. The second-order valence-electron chi connectivity index (χ2n) is 6.90. The quantitative estimate of drug-likeness (QED) is 0.268. The molecule has 11 heteroatoms. The molecule has 2 aromatic heterocycles. The lowest BCUT2D eigenvalue weighted by atomic mass is 10.2. The molecule has 0 fully saturated rings. The zero-order valence-electron chi connectivity index (χ0n) is 17.0. The Morgan fingerprint density at radius 2 is 1.79 bits per heavy atom. The summed E-state index contributed by atoms with van der Waals surface area (Å²) >= 11 is 7.09. The van der Waals surface area contributed by atoms with Gasteiger partial charge in [-0.2, -0.15) is 24.5 Å². The van der Waals surface area contributed by atoms with Crippen molar-refractivity contribution in [3.8, 4) is 22.8 Å². The summed E-state index contributed by atoms with van der Waals surface area (Å²) in [5.41, 5.74) is 0.176. The summed E-state index contributed by atoms with van der Waals surface area (Å²) in [6.07, 6.45) is -3.12. The summed E-state index contributed by atoms with van der Waals surface area (Å²) in [7, 11) is 0. The molecular weight excluding hydrogens is 494 g/mol. The second kappa shape index (κ2) is 9.70. The monoisotopic (exact) mass is 507 g/mol. The van der Waals surface area contributed by atoms with Crippen molar-refractivity contribution in [1.82, 2.24) is 4.98 Å². The summed E-state index contributed by atoms with van der Waals surface area (Å²) < 4.78 is 59.1. The van der Waals surface area contributed by atoms with Crippen molar-refractivity contribution in [2.45, 2.75) is 6.18 Å².